The van der Waals surface area contributed by atoms with Gasteiger partial charge in [0.15, 0.2) is 0 Å². The highest BCUT2D eigenvalue weighted by Gasteiger charge is 2.40. The van der Waals surface area contributed by atoms with Gasteiger partial charge in [-0.05, 0) is 82.2 Å². The fraction of sp³-hybridized carbons (Fsp3) is 0.673. The topological polar surface area (TPSA) is 166 Å². The van der Waals surface area contributed by atoms with Crippen LogP contribution in [0.4, 0.5) is 15.3 Å². The number of carbonyl (C=O) groups is 4. The van der Waals surface area contributed by atoms with Crippen molar-refractivity contribution in [1.29, 1.82) is 0 Å². The summed E-state index contributed by atoms with van der Waals surface area (Å²) in [4.78, 5) is 71.4. The molecule has 6 rings (SSSR count). The average Bonchev–Trinajstić information content (AvgIpc) is 4.10. The van der Waals surface area contributed by atoms with E-state index in [-0.39, 0.29) is 42.6 Å². The van der Waals surface area contributed by atoms with Gasteiger partial charge in [0, 0.05) is 80.5 Å². The Morgan fingerprint density at radius 3 is 1.96 bits per heavy atom. The van der Waals surface area contributed by atoms with Crippen molar-refractivity contribution in [2.24, 2.45) is 5.92 Å². The third-order valence-electron chi connectivity index (χ3n) is 12.9. The molecule has 0 aliphatic carbocycles. The Hall–Kier alpha value is -4.73. The molecule has 3 aliphatic heterocycles. The van der Waals surface area contributed by atoms with Crippen LogP contribution in [0.15, 0.2) is 36.7 Å². The van der Waals surface area contributed by atoms with Crippen molar-refractivity contribution >= 4 is 45.8 Å². The molecule has 2 aromatic heterocycles. The molecule has 5 heterocycles. The van der Waals surface area contributed by atoms with Gasteiger partial charge in [0.05, 0.1) is 31.1 Å². The van der Waals surface area contributed by atoms with Gasteiger partial charge in [-0.15, -0.1) is 0 Å². The number of ether oxygens (including phenoxy) is 4. The number of aromatic nitrogens is 4. The SMILES string of the molecule is COC(=O)N[C@H](C(=O)N1CCC[C@H]1c1ncc(-c2ccc(N3CCN(C(=O)c4cn(COCC[Si](C)(C)C)c([C@@H]5CCCN5C(=O)OC(C)(C)C)n4)CC3)cc2)n1COCC[Si](C)(C)C)C(C)C. The van der Waals surface area contributed by atoms with Crippen molar-refractivity contribution in [3.8, 4) is 11.3 Å². The number of methoxy groups -OCH3 is 1. The molecule has 376 valence electrons. The maximum Gasteiger partial charge on any atom is 0.410 e. The monoisotopic (exact) mass is 978 g/mol. The predicted molar refractivity (Wildman–Crippen MR) is 269 cm³/mol. The highest BCUT2D eigenvalue weighted by molar-refractivity contribution is 6.76. The first-order valence-electron chi connectivity index (χ1n) is 24.6. The second-order valence-corrected chi connectivity index (χ2v) is 33.5. The van der Waals surface area contributed by atoms with Crippen LogP contribution in [0.1, 0.15) is 94.5 Å². The highest BCUT2D eigenvalue weighted by atomic mass is 28.3. The van der Waals surface area contributed by atoms with E-state index in [0.717, 1.165) is 60.5 Å². The molecule has 68 heavy (non-hydrogen) atoms. The molecule has 0 saturated carbocycles. The van der Waals surface area contributed by atoms with Crippen LogP contribution in [-0.4, -0.2) is 145 Å². The Kier molecular flexibility index (Phi) is 17.3. The first-order chi connectivity index (χ1) is 32.0. The van der Waals surface area contributed by atoms with Gasteiger partial charge in [0.2, 0.25) is 5.91 Å². The van der Waals surface area contributed by atoms with E-state index in [1.165, 1.54) is 7.11 Å². The van der Waals surface area contributed by atoms with Gasteiger partial charge in [-0.2, -0.15) is 0 Å². The lowest BCUT2D eigenvalue weighted by molar-refractivity contribution is -0.135. The smallest absolute Gasteiger partial charge is 0.410 e. The number of nitrogens with zero attached hydrogens (tertiary/aromatic N) is 8. The second-order valence-electron chi connectivity index (χ2n) is 22.3. The van der Waals surface area contributed by atoms with Crippen molar-refractivity contribution < 1.29 is 38.1 Å². The molecule has 3 aliphatic rings. The van der Waals surface area contributed by atoms with Crippen molar-refractivity contribution in [2.45, 2.75) is 149 Å². The molecule has 0 unspecified atom stereocenters. The van der Waals surface area contributed by atoms with E-state index in [0.29, 0.717) is 70.7 Å². The van der Waals surface area contributed by atoms with Gasteiger partial charge in [-0.1, -0.05) is 65.3 Å². The van der Waals surface area contributed by atoms with E-state index in [1.807, 2.05) is 55.2 Å². The number of likely N-dealkylation sites (tertiary alicyclic amines) is 2. The first-order valence-corrected chi connectivity index (χ1v) is 32.0. The van der Waals surface area contributed by atoms with Gasteiger partial charge >= 0.3 is 12.2 Å². The quantitative estimate of drug-likeness (QED) is 0.0961. The number of benzene rings is 1. The zero-order valence-electron chi connectivity index (χ0n) is 42.9. The summed E-state index contributed by atoms with van der Waals surface area (Å²) in [6.45, 7) is 28.6. The summed E-state index contributed by atoms with van der Waals surface area (Å²) in [6, 6.07) is 9.14. The lowest BCUT2D eigenvalue weighted by atomic mass is 10.0. The molecule has 1 N–H and O–H groups in total. The number of imidazole rings is 2. The number of nitrogens with one attached hydrogen (secondary N) is 1. The van der Waals surface area contributed by atoms with Crippen LogP contribution in [0.2, 0.25) is 51.4 Å². The summed E-state index contributed by atoms with van der Waals surface area (Å²) in [7, 11) is -1.35. The summed E-state index contributed by atoms with van der Waals surface area (Å²) in [5.41, 5.74) is 2.64. The van der Waals surface area contributed by atoms with Gasteiger partial charge in [-0.3, -0.25) is 14.5 Å². The standard InChI is InChI=1S/C49H79N9O8Si2/c1-35(2)42(52-47(61)63-6)46(60)56-21-13-15-39(56)43-50-31-41(58(43)34-65-28-30-68(10,11)12)36-17-19-37(20-18-36)53-23-25-54(26-24-53)45(59)38-32-55(33-64-27-29-67(7,8)9)44(51-38)40-16-14-22-57(40)48(62)66-49(3,4)5/h17-20,31-32,35,39-40,42H,13-16,21-30,33-34H2,1-12H3,(H,52,61)/t39-,40-,42-/m0/s1. The molecule has 0 bridgehead atoms. The minimum Gasteiger partial charge on any atom is -0.453 e. The Balaban J connectivity index is 1.16. The molecular weight excluding hydrogens is 899 g/mol. The molecular formula is C49H79N9O8Si2. The van der Waals surface area contributed by atoms with Crippen LogP contribution in [0.5, 0.6) is 0 Å². The van der Waals surface area contributed by atoms with E-state index >= 15 is 0 Å². The third kappa shape index (κ3) is 13.7. The summed E-state index contributed by atoms with van der Waals surface area (Å²) in [6.07, 6.45) is 5.77. The van der Waals surface area contributed by atoms with Crippen LogP contribution < -0.4 is 10.2 Å². The van der Waals surface area contributed by atoms with Gasteiger partial charge in [0.25, 0.3) is 5.91 Å². The molecule has 3 atom stereocenters. The molecule has 3 saturated heterocycles. The Labute approximate surface area is 406 Å². The van der Waals surface area contributed by atoms with Gasteiger partial charge in [0.1, 0.15) is 42.4 Å². The molecule has 1 aromatic carbocycles. The number of alkyl carbamates (subject to hydrolysis) is 1. The van der Waals surface area contributed by atoms with E-state index in [4.69, 9.17) is 28.9 Å². The van der Waals surface area contributed by atoms with Crippen molar-refractivity contribution in [3.05, 3.63) is 54.0 Å². The van der Waals surface area contributed by atoms with E-state index < -0.39 is 33.9 Å². The molecule has 0 radical (unpaired) electrons. The number of piperazine rings is 1. The Bertz CT molecular complexity index is 2190. The van der Waals surface area contributed by atoms with E-state index in [2.05, 4.69) is 78.3 Å². The predicted octanol–water partition coefficient (Wildman–Crippen LogP) is 8.45. The molecule has 19 heteroatoms. The fourth-order valence-electron chi connectivity index (χ4n) is 8.92. The molecule has 0 spiro atoms. The maximum atomic E-state index is 14.2. The summed E-state index contributed by atoms with van der Waals surface area (Å²) in [5.74, 6) is 0.987. The Morgan fingerprint density at radius 1 is 0.794 bits per heavy atom. The van der Waals surface area contributed by atoms with Crippen LogP contribution in [0, 0.1) is 5.92 Å². The number of hydrogen-bond donors (Lipinski definition) is 1. The normalized spacial score (nSPS) is 18.7. The zero-order valence-corrected chi connectivity index (χ0v) is 44.9. The zero-order chi connectivity index (χ0) is 49.6. The summed E-state index contributed by atoms with van der Waals surface area (Å²) < 4.78 is 27.2. The Morgan fingerprint density at radius 2 is 1.38 bits per heavy atom. The van der Waals surface area contributed by atoms with E-state index in [1.54, 1.807) is 11.1 Å². The average molecular weight is 978 g/mol. The van der Waals surface area contributed by atoms with Crippen LogP contribution in [0.25, 0.3) is 11.3 Å². The van der Waals surface area contributed by atoms with Crippen molar-refractivity contribution in [1.82, 2.24) is 39.1 Å². The number of anilines is 1. The molecule has 3 aromatic rings. The van der Waals surface area contributed by atoms with Crippen LogP contribution in [0.3, 0.4) is 0 Å². The van der Waals surface area contributed by atoms with Crippen LogP contribution >= 0.6 is 0 Å². The number of hydrogen-bond acceptors (Lipinski definition) is 11. The van der Waals surface area contributed by atoms with Crippen LogP contribution in [-0.2, 0) is 37.2 Å². The second kappa shape index (κ2) is 22.4. The molecule has 3 fully saturated rings. The minimum atomic E-state index is -1.34. The molecule has 17 nitrogen and oxygen atoms in total. The highest BCUT2D eigenvalue weighted by Crippen LogP contribution is 2.36. The van der Waals surface area contributed by atoms with E-state index in [9.17, 15) is 19.2 Å². The lowest BCUT2D eigenvalue weighted by Crippen LogP contribution is -2.51. The number of amides is 4. The summed E-state index contributed by atoms with van der Waals surface area (Å²) in [5, 5.41) is 2.75. The number of rotatable bonds is 18. The number of carbonyl (C=O) groups excluding carboxylic acids is 4. The van der Waals surface area contributed by atoms with Crippen molar-refractivity contribution in [3.63, 3.8) is 0 Å². The van der Waals surface area contributed by atoms with Gasteiger partial charge < -0.3 is 48.1 Å². The molecule has 4 amide bonds. The largest absolute Gasteiger partial charge is 0.453 e. The van der Waals surface area contributed by atoms with Crippen molar-refractivity contribution in [2.75, 3.05) is 64.5 Å². The van der Waals surface area contributed by atoms with Gasteiger partial charge in [-0.25, -0.2) is 19.6 Å². The maximum absolute atomic E-state index is 14.2. The fourth-order valence-corrected chi connectivity index (χ4v) is 10.4. The lowest BCUT2D eigenvalue weighted by Gasteiger charge is -2.36. The third-order valence-corrected chi connectivity index (χ3v) is 16.3. The minimum absolute atomic E-state index is 0.137. The first kappa shape index (κ1) is 52.6. The summed E-state index contributed by atoms with van der Waals surface area (Å²) >= 11 is 0.